The van der Waals surface area contributed by atoms with E-state index in [4.69, 9.17) is 35.3 Å². The Balaban J connectivity index is 1.80. The molecule has 0 aliphatic carbocycles. The summed E-state index contributed by atoms with van der Waals surface area (Å²) >= 11 is 11.5. The molecule has 114 valence electrons. The fourth-order valence-corrected chi connectivity index (χ4v) is 3.20. The van der Waals surface area contributed by atoms with Gasteiger partial charge in [0, 0.05) is 23.6 Å². The highest BCUT2D eigenvalue weighted by Crippen LogP contribution is 2.35. The van der Waals surface area contributed by atoms with Gasteiger partial charge in [-0.2, -0.15) is 4.98 Å². The maximum atomic E-state index is 5.95. The van der Waals surface area contributed by atoms with Crippen molar-refractivity contribution in [2.75, 3.05) is 11.5 Å². The summed E-state index contributed by atoms with van der Waals surface area (Å²) < 4.78 is 0. The summed E-state index contributed by atoms with van der Waals surface area (Å²) in [7, 11) is 0. The molecule has 7 heteroatoms. The molecule has 1 aromatic heterocycles. The maximum Gasteiger partial charge on any atom is 0.222 e. The fraction of sp³-hybridized carbons (Fsp3) is 0.267. The predicted octanol–water partition coefficient (Wildman–Crippen LogP) is 2.74. The molecule has 0 saturated heterocycles. The number of aromatic nitrogens is 2. The van der Waals surface area contributed by atoms with Crippen LogP contribution >= 0.6 is 23.8 Å². The van der Waals surface area contributed by atoms with Crippen LogP contribution < -0.4 is 11.5 Å². The van der Waals surface area contributed by atoms with Gasteiger partial charge in [0.05, 0.1) is 16.7 Å². The van der Waals surface area contributed by atoms with Gasteiger partial charge < -0.3 is 16.4 Å². The molecule has 1 aliphatic rings. The summed E-state index contributed by atoms with van der Waals surface area (Å²) in [6, 6.07) is 7.74. The van der Waals surface area contributed by atoms with Crippen LogP contribution in [0.1, 0.15) is 29.8 Å². The van der Waals surface area contributed by atoms with E-state index in [0.29, 0.717) is 18.8 Å². The summed E-state index contributed by atoms with van der Waals surface area (Å²) in [5, 5.41) is 0.718. The molecular weight excluding hydrogens is 318 g/mol. The molecule has 1 atom stereocenters. The van der Waals surface area contributed by atoms with Gasteiger partial charge in [-0.1, -0.05) is 36.0 Å². The normalized spacial score (nSPS) is 16.6. The number of hydrogen-bond donors (Lipinski definition) is 2. The minimum Gasteiger partial charge on any atom is -0.383 e. The number of nitrogens with two attached hydrogens (primary N) is 2. The van der Waals surface area contributed by atoms with Crippen LogP contribution in [-0.4, -0.2) is 19.9 Å². The molecule has 5 nitrogen and oxygen atoms in total. The van der Waals surface area contributed by atoms with Crippen molar-refractivity contribution in [3.63, 3.8) is 0 Å². The predicted molar refractivity (Wildman–Crippen MR) is 92.6 cm³/mol. The summed E-state index contributed by atoms with van der Waals surface area (Å²) in [6.45, 7) is 2.67. The standard InChI is InChI=1S/C15H16ClN5S/c1-8-13-11(14(17)20-15(18)19-13)7-21(8)12(22)6-9-2-4-10(16)5-3-9/h2-5,8H,6-7H2,1H3,(H4,17,18,19,20). The number of thiocarbonyl (C=S) groups is 1. The lowest BCUT2D eigenvalue weighted by atomic mass is 10.1. The largest absolute Gasteiger partial charge is 0.383 e. The van der Waals surface area contributed by atoms with Crippen molar-refractivity contribution < 1.29 is 0 Å². The third kappa shape index (κ3) is 2.71. The molecule has 0 amide bonds. The smallest absolute Gasteiger partial charge is 0.222 e. The lowest BCUT2D eigenvalue weighted by molar-refractivity contribution is 0.366. The highest BCUT2D eigenvalue weighted by atomic mass is 35.5. The van der Waals surface area contributed by atoms with E-state index in [1.165, 1.54) is 0 Å². The van der Waals surface area contributed by atoms with Gasteiger partial charge in [0.1, 0.15) is 5.82 Å². The Morgan fingerprint density at radius 2 is 2.00 bits per heavy atom. The van der Waals surface area contributed by atoms with Crippen molar-refractivity contribution in [3.8, 4) is 0 Å². The summed E-state index contributed by atoms with van der Waals surface area (Å²) in [6.07, 6.45) is 0.674. The van der Waals surface area contributed by atoms with Crippen LogP contribution in [0.4, 0.5) is 11.8 Å². The highest BCUT2D eigenvalue weighted by molar-refractivity contribution is 7.80. The van der Waals surface area contributed by atoms with E-state index in [1.54, 1.807) is 0 Å². The second kappa shape index (κ2) is 5.70. The van der Waals surface area contributed by atoms with Crippen molar-refractivity contribution in [2.24, 2.45) is 0 Å². The fourth-order valence-electron chi connectivity index (χ4n) is 2.68. The summed E-state index contributed by atoms with van der Waals surface area (Å²) in [4.78, 5) is 11.3. The average Bonchev–Trinajstić information content (AvgIpc) is 2.79. The Bertz CT molecular complexity index is 731. The average molecular weight is 334 g/mol. The zero-order valence-corrected chi connectivity index (χ0v) is 13.7. The third-order valence-corrected chi connectivity index (χ3v) is 4.50. The molecule has 2 aromatic rings. The molecule has 22 heavy (non-hydrogen) atoms. The van der Waals surface area contributed by atoms with Gasteiger partial charge in [0.25, 0.3) is 0 Å². The van der Waals surface area contributed by atoms with Gasteiger partial charge in [-0.3, -0.25) is 0 Å². The Morgan fingerprint density at radius 1 is 1.32 bits per heavy atom. The molecule has 0 radical (unpaired) electrons. The molecule has 1 aliphatic heterocycles. The van der Waals surface area contributed by atoms with Gasteiger partial charge in [0.15, 0.2) is 0 Å². The first kappa shape index (κ1) is 15.0. The van der Waals surface area contributed by atoms with Crippen molar-refractivity contribution >= 4 is 40.6 Å². The van der Waals surface area contributed by atoms with Crippen molar-refractivity contribution in [3.05, 3.63) is 46.1 Å². The lowest BCUT2D eigenvalue weighted by Gasteiger charge is -2.24. The third-order valence-electron chi connectivity index (χ3n) is 3.87. The Morgan fingerprint density at radius 3 is 2.68 bits per heavy atom. The van der Waals surface area contributed by atoms with Crippen LogP contribution in [0.2, 0.25) is 5.02 Å². The van der Waals surface area contributed by atoms with Gasteiger partial charge in [-0.15, -0.1) is 0 Å². The van der Waals surface area contributed by atoms with Gasteiger partial charge in [-0.05, 0) is 24.6 Å². The van der Waals surface area contributed by atoms with Crippen molar-refractivity contribution in [2.45, 2.75) is 25.9 Å². The molecule has 3 rings (SSSR count). The molecule has 0 bridgehead atoms. The molecule has 2 heterocycles. The van der Waals surface area contributed by atoms with Gasteiger partial charge in [0.2, 0.25) is 5.95 Å². The Labute approximate surface area is 139 Å². The molecule has 0 fully saturated rings. The minimum atomic E-state index is 0.0439. The van der Waals surface area contributed by atoms with Crippen LogP contribution in [0.3, 0.4) is 0 Å². The van der Waals surface area contributed by atoms with Crippen LogP contribution in [0.25, 0.3) is 0 Å². The van der Waals surface area contributed by atoms with Crippen molar-refractivity contribution in [1.29, 1.82) is 0 Å². The monoisotopic (exact) mass is 333 g/mol. The van der Waals surface area contributed by atoms with E-state index in [-0.39, 0.29) is 12.0 Å². The molecular formula is C15H16ClN5S. The SMILES string of the molecule is CC1c2nc(N)nc(N)c2CN1C(=S)Cc1ccc(Cl)cc1. The highest BCUT2D eigenvalue weighted by Gasteiger charge is 2.32. The summed E-state index contributed by atoms with van der Waals surface area (Å²) in [5.74, 6) is 0.639. The number of nitrogens with zero attached hydrogens (tertiary/aromatic N) is 3. The van der Waals surface area contributed by atoms with Gasteiger partial charge >= 0.3 is 0 Å². The zero-order valence-electron chi connectivity index (χ0n) is 12.1. The summed E-state index contributed by atoms with van der Waals surface area (Å²) in [5.41, 5.74) is 14.5. The zero-order chi connectivity index (χ0) is 15.9. The Hall–Kier alpha value is -1.92. The van der Waals surface area contributed by atoms with E-state index in [0.717, 1.165) is 26.8 Å². The molecule has 1 aromatic carbocycles. The number of halogens is 1. The lowest BCUT2D eigenvalue weighted by Crippen LogP contribution is -2.28. The maximum absolute atomic E-state index is 5.95. The first-order valence-electron chi connectivity index (χ1n) is 6.91. The first-order chi connectivity index (χ1) is 10.5. The molecule has 4 N–H and O–H groups in total. The van der Waals surface area contributed by atoms with Crippen molar-refractivity contribution in [1.82, 2.24) is 14.9 Å². The number of anilines is 2. The van der Waals surface area contributed by atoms with E-state index < -0.39 is 0 Å². The van der Waals surface area contributed by atoms with Gasteiger partial charge in [-0.25, -0.2) is 4.98 Å². The number of benzene rings is 1. The van der Waals surface area contributed by atoms with Crippen LogP contribution in [-0.2, 0) is 13.0 Å². The number of rotatable bonds is 2. The van der Waals surface area contributed by atoms with E-state index in [1.807, 2.05) is 31.2 Å². The van der Waals surface area contributed by atoms with Crippen LogP contribution in [0.5, 0.6) is 0 Å². The molecule has 0 saturated carbocycles. The van der Waals surface area contributed by atoms with Crippen LogP contribution in [0.15, 0.2) is 24.3 Å². The minimum absolute atomic E-state index is 0.0439. The quantitative estimate of drug-likeness (QED) is 0.822. The van der Waals surface area contributed by atoms with E-state index in [2.05, 4.69) is 14.9 Å². The van der Waals surface area contributed by atoms with E-state index in [9.17, 15) is 0 Å². The number of nitrogen functional groups attached to an aromatic ring is 2. The molecule has 1 unspecified atom stereocenters. The first-order valence-corrected chi connectivity index (χ1v) is 7.70. The second-order valence-corrected chi connectivity index (χ2v) is 6.24. The van der Waals surface area contributed by atoms with Crippen LogP contribution in [0, 0.1) is 0 Å². The van der Waals surface area contributed by atoms with E-state index >= 15 is 0 Å². The second-order valence-electron chi connectivity index (χ2n) is 5.33. The number of hydrogen-bond acceptors (Lipinski definition) is 5. The molecule has 0 spiro atoms. The topological polar surface area (TPSA) is 81.1 Å². The number of fused-ring (bicyclic) bond motifs is 1. The Kier molecular flexibility index (Phi) is 3.88.